The summed E-state index contributed by atoms with van der Waals surface area (Å²) in [6, 6.07) is 0.615. The standard InChI is InChI=1S/C24H27F2N9O/c1-13-30-22-23(35(13)12-19(25)26)32-18(11-28-22)16-9-27-21-17(16)10-29-24(33-21)31-14-4-6-15(7-5-14)34-8-2-3-20(34)36/h9-11,14-15,19H,2-8,12H2,1H3,(H2,27,29,31,33)/t14-,15+. The zero-order chi connectivity index (χ0) is 24.8. The summed E-state index contributed by atoms with van der Waals surface area (Å²) in [5.74, 6) is 1.28. The summed E-state index contributed by atoms with van der Waals surface area (Å²) in [5.41, 5.74) is 2.58. The molecule has 2 N–H and O–H groups in total. The minimum absolute atomic E-state index is 0.262. The van der Waals surface area contributed by atoms with Crippen LogP contribution >= 0.6 is 0 Å². The number of fused-ring (bicyclic) bond motifs is 2. The number of aryl methyl sites for hydroxylation is 1. The van der Waals surface area contributed by atoms with Gasteiger partial charge in [-0.1, -0.05) is 0 Å². The van der Waals surface area contributed by atoms with E-state index in [-0.39, 0.29) is 6.04 Å². The van der Waals surface area contributed by atoms with Crippen molar-refractivity contribution in [3.05, 3.63) is 24.4 Å². The highest BCUT2D eigenvalue weighted by atomic mass is 19.3. The fourth-order valence-corrected chi connectivity index (χ4v) is 5.44. The Morgan fingerprint density at radius 2 is 1.97 bits per heavy atom. The van der Waals surface area contributed by atoms with Gasteiger partial charge in [0.2, 0.25) is 11.9 Å². The second-order valence-corrected chi connectivity index (χ2v) is 9.56. The zero-order valence-corrected chi connectivity index (χ0v) is 19.9. The van der Waals surface area contributed by atoms with Gasteiger partial charge >= 0.3 is 0 Å². The molecule has 0 aromatic carbocycles. The average molecular weight is 496 g/mol. The first-order chi connectivity index (χ1) is 17.5. The van der Waals surface area contributed by atoms with Crippen LogP contribution in [0.5, 0.6) is 0 Å². The van der Waals surface area contributed by atoms with E-state index in [1.54, 1.807) is 25.5 Å². The van der Waals surface area contributed by atoms with E-state index < -0.39 is 13.0 Å². The lowest BCUT2D eigenvalue weighted by Gasteiger charge is -2.34. The summed E-state index contributed by atoms with van der Waals surface area (Å²) in [5, 5.41) is 4.21. The quantitative estimate of drug-likeness (QED) is 0.419. The Bertz CT molecular complexity index is 1420. The average Bonchev–Trinajstić information content (AvgIpc) is 3.56. The number of halogens is 2. The largest absolute Gasteiger partial charge is 0.351 e. The highest BCUT2D eigenvalue weighted by Crippen LogP contribution is 2.30. The Labute approximate surface area is 205 Å². The summed E-state index contributed by atoms with van der Waals surface area (Å²) < 4.78 is 27.5. The number of imidazole rings is 1. The van der Waals surface area contributed by atoms with Crippen molar-refractivity contribution >= 4 is 34.2 Å². The number of rotatable bonds is 6. The highest BCUT2D eigenvalue weighted by molar-refractivity contribution is 5.93. The predicted molar refractivity (Wildman–Crippen MR) is 130 cm³/mol. The molecule has 0 bridgehead atoms. The van der Waals surface area contributed by atoms with Crippen LogP contribution in [0.2, 0.25) is 0 Å². The molecule has 2 fully saturated rings. The lowest BCUT2D eigenvalue weighted by atomic mass is 9.90. The molecule has 188 valence electrons. The summed E-state index contributed by atoms with van der Waals surface area (Å²) in [6.07, 6.45) is 8.14. The van der Waals surface area contributed by atoms with Gasteiger partial charge in [0.25, 0.3) is 6.43 Å². The van der Waals surface area contributed by atoms with Crippen molar-refractivity contribution < 1.29 is 13.6 Å². The molecule has 10 nitrogen and oxygen atoms in total. The molecule has 0 spiro atoms. The van der Waals surface area contributed by atoms with Crippen LogP contribution in [0.4, 0.5) is 14.7 Å². The third-order valence-electron chi connectivity index (χ3n) is 7.26. The first-order valence-electron chi connectivity index (χ1n) is 12.3. The van der Waals surface area contributed by atoms with Crippen LogP contribution in [0.25, 0.3) is 33.6 Å². The van der Waals surface area contributed by atoms with E-state index >= 15 is 0 Å². The molecular weight excluding hydrogens is 468 g/mol. The van der Waals surface area contributed by atoms with Gasteiger partial charge in [-0.25, -0.2) is 28.7 Å². The van der Waals surface area contributed by atoms with Gasteiger partial charge in [-0.05, 0) is 39.0 Å². The first kappa shape index (κ1) is 22.7. The molecule has 4 aromatic heterocycles. The van der Waals surface area contributed by atoms with Crippen molar-refractivity contribution in [3.63, 3.8) is 0 Å². The predicted octanol–water partition coefficient (Wildman–Crippen LogP) is 3.68. The minimum atomic E-state index is -2.52. The molecule has 4 aromatic rings. The van der Waals surface area contributed by atoms with Gasteiger partial charge in [0.15, 0.2) is 11.3 Å². The van der Waals surface area contributed by atoms with E-state index in [0.29, 0.717) is 52.8 Å². The van der Waals surface area contributed by atoms with E-state index in [4.69, 9.17) is 0 Å². The molecule has 1 saturated heterocycles. The van der Waals surface area contributed by atoms with Crippen molar-refractivity contribution in [2.75, 3.05) is 11.9 Å². The zero-order valence-electron chi connectivity index (χ0n) is 19.9. The number of H-pyrrole nitrogens is 1. The van der Waals surface area contributed by atoms with Crippen LogP contribution in [0.15, 0.2) is 18.6 Å². The number of nitrogens with one attached hydrogen (secondary N) is 2. The number of amides is 1. The second-order valence-electron chi connectivity index (χ2n) is 9.56. The van der Waals surface area contributed by atoms with Crippen LogP contribution in [0.1, 0.15) is 44.3 Å². The van der Waals surface area contributed by atoms with Gasteiger partial charge in [0, 0.05) is 48.4 Å². The Morgan fingerprint density at radius 3 is 2.72 bits per heavy atom. The maximum atomic E-state index is 13.1. The second kappa shape index (κ2) is 9.07. The summed E-state index contributed by atoms with van der Waals surface area (Å²) in [7, 11) is 0. The Morgan fingerprint density at radius 1 is 1.14 bits per heavy atom. The van der Waals surface area contributed by atoms with Crippen molar-refractivity contribution in [2.45, 2.75) is 70.5 Å². The third-order valence-corrected chi connectivity index (χ3v) is 7.26. The maximum Gasteiger partial charge on any atom is 0.256 e. The van der Waals surface area contributed by atoms with Crippen LogP contribution in [-0.4, -0.2) is 70.3 Å². The van der Waals surface area contributed by atoms with E-state index in [0.717, 1.165) is 49.6 Å². The van der Waals surface area contributed by atoms with Gasteiger partial charge < -0.3 is 19.8 Å². The van der Waals surface area contributed by atoms with Gasteiger partial charge in [0.1, 0.15) is 11.5 Å². The number of hydrogen-bond acceptors (Lipinski definition) is 7. The topological polar surface area (TPSA) is 118 Å². The van der Waals surface area contributed by atoms with Crippen LogP contribution in [-0.2, 0) is 11.3 Å². The lowest BCUT2D eigenvalue weighted by Crippen LogP contribution is -2.41. The normalized spacial score (nSPS) is 20.8. The lowest BCUT2D eigenvalue weighted by molar-refractivity contribution is -0.130. The molecule has 0 atom stereocenters. The van der Waals surface area contributed by atoms with Crippen molar-refractivity contribution in [1.29, 1.82) is 0 Å². The highest BCUT2D eigenvalue weighted by Gasteiger charge is 2.31. The van der Waals surface area contributed by atoms with Gasteiger partial charge in [0.05, 0.1) is 18.4 Å². The van der Waals surface area contributed by atoms with E-state index in [1.807, 2.05) is 0 Å². The number of alkyl halides is 2. The van der Waals surface area contributed by atoms with E-state index in [1.165, 1.54) is 4.57 Å². The van der Waals surface area contributed by atoms with Gasteiger partial charge in [-0.3, -0.25) is 4.79 Å². The molecule has 1 saturated carbocycles. The molecule has 6 rings (SSSR count). The number of carbonyl (C=O) groups excluding carboxylic acids is 1. The smallest absolute Gasteiger partial charge is 0.256 e. The monoisotopic (exact) mass is 495 g/mol. The number of aromatic nitrogens is 7. The number of aromatic amines is 1. The Balaban J connectivity index is 1.19. The van der Waals surface area contributed by atoms with E-state index in [9.17, 15) is 13.6 Å². The summed E-state index contributed by atoms with van der Waals surface area (Å²) in [6.45, 7) is 2.07. The van der Waals surface area contributed by atoms with Crippen molar-refractivity contribution in [3.8, 4) is 11.3 Å². The minimum Gasteiger partial charge on any atom is -0.351 e. The molecule has 5 heterocycles. The van der Waals surface area contributed by atoms with Crippen LogP contribution < -0.4 is 5.32 Å². The Hall–Kier alpha value is -3.70. The number of hydrogen-bond donors (Lipinski definition) is 2. The number of nitrogens with zero attached hydrogens (tertiary/aromatic N) is 7. The van der Waals surface area contributed by atoms with Crippen LogP contribution in [0, 0.1) is 6.92 Å². The fraction of sp³-hybridized carbons (Fsp3) is 0.500. The van der Waals surface area contributed by atoms with Crippen molar-refractivity contribution in [2.24, 2.45) is 0 Å². The molecule has 36 heavy (non-hydrogen) atoms. The van der Waals surface area contributed by atoms with Gasteiger partial charge in [-0.15, -0.1) is 0 Å². The number of likely N-dealkylation sites (tertiary alicyclic amines) is 1. The van der Waals surface area contributed by atoms with Gasteiger partial charge in [-0.2, -0.15) is 4.98 Å². The summed E-state index contributed by atoms with van der Waals surface area (Å²) >= 11 is 0. The van der Waals surface area contributed by atoms with Crippen molar-refractivity contribution in [1.82, 2.24) is 39.4 Å². The molecule has 12 heteroatoms. The fourth-order valence-electron chi connectivity index (χ4n) is 5.44. The first-order valence-corrected chi connectivity index (χ1v) is 12.3. The molecule has 0 radical (unpaired) electrons. The SMILES string of the molecule is Cc1nc2ncc(-c3c[nH]c4nc(N[C@H]5CC[C@@H](N6CCCC6=O)CC5)ncc34)nc2n1CC(F)F. The van der Waals surface area contributed by atoms with Crippen LogP contribution in [0.3, 0.4) is 0 Å². The van der Waals surface area contributed by atoms with E-state index in [2.05, 4.69) is 40.1 Å². The number of carbonyl (C=O) groups is 1. The summed E-state index contributed by atoms with van der Waals surface area (Å²) in [4.78, 5) is 39.6. The molecule has 1 aliphatic carbocycles. The maximum absolute atomic E-state index is 13.1. The number of anilines is 1. The third kappa shape index (κ3) is 4.14. The Kier molecular flexibility index (Phi) is 5.73. The molecule has 0 unspecified atom stereocenters. The molecule has 2 aliphatic rings. The molecule has 1 amide bonds. The molecule has 1 aliphatic heterocycles. The molecular formula is C24H27F2N9O.